The minimum absolute atomic E-state index is 0.121. The predicted molar refractivity (Wildman–Crippen MR) is 109 cm³/mol. The Balaban J connectivity index is 1.95. The van der Waals surface area contributed by atoms with Crippen molar-refractivity contribution in [1.82, 2.24) is 9.55 Å². The van der Waals surface area contributed by atoms with Gasteiger partial charge in [-0.15, -0.1) is 0 Å². The lowest BCUT2D eigenvalue weighted by Gasteiger charge is -2.12. The molecule has 1 aliphatic heterocycles. The highest BCUT2D eigenvalue weighted by molar-refractivity contribution is 7.99. The minimum Gasteiger partial charge on any atom is -0.481 e. The summed E-state index contributed by atoms with van der Waals surface area (Å²) in [5, 5.41) is 10.0. The summed E-state index contributed by atoms with van der Waals surface area (Å²) in [4.78, 5) is 17.4. The van der Waals surface area contributed by atoms with Gasteiger partial charge in [0.05, 0.1) is 11.9 Å². The summed E-state index contributed by atoms with van der Waals surface area (Å²) in [6.07, 6.45) is 4.66. The van der Waals surface area contributed by atoms with Gasteiger partial charge < -0.3 is 9.67 Å². The Morgan fingerprint density at radius 1 is 1.32 bits per heavy atom. The van der Waals surface area contributed by atoms with Crippen molar-refractivity contribution >= 4 is 50.1 Å². The number of aromatic nitrogens is 2. The Morgan fingerprint density at radius 3 is 2.68 bits per heavy atom. The van der Waals surface area contributed by atoms with E-state index in [0.717, 1.165) is 26.4 Å². The molecule has 0 radical (unpaired) electrons. The van der Waals surface area contributed by atoms with E-state index in [4.69, 9.17) is 11.6 Å². The highest BCUT2D eigenvalue weighted by Gasteiger charge is 2.41. The largest absolute Gasteiger partial charge is 0.481 e. The zero-order valence-corrected chi connectivity index (χ0v) is 17.3. The molecule has 0 saturated carbocycles. The van der Waals surface area contributed by atoms with Crippen molar-refractivity contribution in [1.29, 1.82) is 0 Å². The first-order chi connectivity index (χ1) is 13.3. The molecule has 2 unspecified atom stereocenters. The van der Waals surface area contributed by atoms with Gasteiger partial charge in [-0.3, -0.25) is 9.78 Å². The molecule has 1 aliphatic rings. The first-order valence-electron chi connectivity index (χ1n) is 8.57. The van der Waals surface area contributed by atoms with Crippen LogP contribution < -0.4 is 0 Å². The van der Waals surface area contributed by atoms with Crippen LogP contribution in [0.25, 0.3) is 10.9 Å². The van der Waals surface area contributed by atoms with Gasteiger partial charge in [0.25, 0.3) is 0 Å². The van der Waals surface area contributed by atoms with Gasteiger partial charge in [0, 0.05) is 50.5 Å². The predicted octanol–water partition coefficient (Wildman–Crippen LogP) is 4.35. The second-order valence-corrected chi connectivity index (χ2v) is 10.6. The lowest BCUT2D eigenvalue weighted by atomic mass is 10.0. The van der Waals surface area contributed by atoms with E-state index in [1.165, 1.54) is 18.0 Å². The molecule has 6 nitrogen and oxygen atoms in total. The Morgan fingerprint density at radius 2 is 2.04 bits per heavy atom. The van der Waals surface area contributed by atoms with Crippen molar-refractivity contribution in [2.45, 2.75) is 33.9 Å². The number of fused-ring (bicyclic) bond motifs is 3. The van der Waals surface area contributed by atoms with Crippen molar-refractivity contribution in [3.63, 3.8) is 0 Å². The molecular formula is C19H17ClN2O4S2. The number of halogens is 1. The molecule has 146 valence electrons. The van der Waals surface area contributed by atoms with Crippen molar-refractivity contribution in [3.05, 3.63) is 53.4 Å². The van der Waals surface area contributed by atoms with Crippen molar-refractivity contribution in [3.8, 4) is 0 Å². The average molecular weight is 437 g/mol. The maximum Gasteiger partial charge on any atom is 0.304 e. The van der Waals surface area contributed by atoms with E-state index in [1.54, 1.807) is 35.2 Å². The second-order valence-electron chi connectivity index (χ2n) is 6.85. The molecule has 0 spiro atoms. The quantitative estimate of drug-likeness (QED) is 0.639. The van der Waals surface area contributed by atoms with Gasteiger partial charge in [0.2, 0.25) is 0 Å². The standard InChI is InChI=1S/C19H17ClN2O4S2/c1-28(25,26)16-8-11(9-17(23)24)18-19(27-13-4-2-12(20)3-5-13)14-10-21-7-6-15(14)22(16)18/h2-7,10-11,16H,8-9H2,1H3,(H,23,24). The molecule has 3 heterocycles. The summed E-state index contributed by atoms with van der Waals surface area (Å²) in [5.74, 6) is -1.34. The van der Waals surface area contributed by atoms with Gasteiger partial charge in [-0.25, -0.2) is 8.42 Å². The van der Waals surface area contributed by atoms with E-state index < -0.39 is 21.2 Å². The normalized spacial score (nSPS) is 19.1. The molecule has 2 aromatic heterocycles. The number of carboxylic acid groups (broad SMARTS) is 1. The summed E-state index contributed by atoms with van der Waals surface area (Å²) in [6, 6.07) is 9.12. The number of aliphatic carboxylic acids is 1. The molecule has 0 bridgehead atoms. The monoisotopic (exact) mass is 436 g/mol. The number of pyridine rings is 1. The fourth-order valence-electron chi connectivity index (χ4n) is 3.79. The number of nitrogens with zero attached hydrogens (tertiary/aromatic N) is 2. The fraction of sp³-hybridized carbons (Fsp3) is 0.263. The van der Waals surface area contributed by atoms with Gasteiger partial charge in [-0.05, 0) is 36.8 Å². The summed E-state index contributed by atoms with van der Waals surface area (Å²) in [6.45, 7) is 0. The highest BCUT2D eigenvalue weighted by Crippen LogP contribution is 2.51. The second kappa shape index (κ2) is 7.09. The van der Waals surface area contributed by atoms with E-state index in [9.17, 15) is 18.3 Å². The van der Waals surface area contributed by atoms with E-state index in [-0.39, 0.29) is 18.8 Å². The zero-order valence-electron chi connectivity index (χ0n) is 14.9. The molecule has 0 aliphatic carbocycles. The lowest BCUT2D eigenvalue weighted by Crippen LogP contribution is -2.14. The van der Waals surface area contributed by atoms with Crippen molar-refractivity contribution in [2.75, 3.05) is 6.26 Å². The summed E-state index contributed by atoms with van der Waals surface area (Å²) in [5.41, 5.74) is 1.51. The van der Waals surface area contributed by atoms with Crippen LogP contribution in [0.15, 0.2) is 52.5 Å². The summed E-state index contributed by atoms with van der Waals surface area (Å²) < 4.78 is 26.7. The van der Waals surface area contributed by atoms with E-state index in [1.807, 2.05) is 12.1 Å². The van der Waals surface area contributed by atoms with Crippen LogP contribution in [0.1, 0.15) is 29.8 Å². The van der Waals surface area contributed by atoms with Gasteiger partial charge in [-0.1, -0.05) is 23.4 Å². The van der Waals surface area contributed by atoms with Crippen molar-refractivity contribution in [2.24, 2.45) is 0 Å². The maximum atomic E-state index is 12.5. The summed E-state index contributed by atoms with van der Waals surface area (Å²) in [7, 11) is -3.42. The van der Waals surface area contributed by atoms with Crippen LogP contribution >= 0.6 is 23.4 Å². The smallest absolute Gasteiger partial charge is 0.304 e. The molecule has 4 rings (SSSR count). The number of hydrogen-bond donors (Lipinski definition) is 1. The molecule has 9 heteroatoms. The van der Waals surface area contributed by atoms with Gasteiger partial charge in [0.1, 0.15) is 5.37 Å². The lowest BCUT2D eigenvalue weighted by molar-refractivity contribution is -0.137. The number of benzene rings is 1. The SMILES string of the molecule is CS(=O)(=O)C1CC(CC(=O)O)c2c(Sc3ccc(Cl)cc3)c3cnccc3n21. The molecule has 28 heavy (non-hydrogen) atoms. The number of sulfone groups is 1. The number of rotatable bonds is 5. The van der Waals surface area contributed by atoms with Gasteiger partial charge in [-0.2, -0.15) is 0 Å². The number of carboxylic acids is 1. The third-order valence-electron chi connectivity index (χ3n) is 4.90. The number of hydrogen-bond acceptors (Lipinski definition) is 5. The Labute approximate surface area is 171 Å². The van der Waals surface area contributed by atoms with Crippen LogP contribution in [0.4, 0.5) is 0 Å². The first kappa shape index (κ1) is 19.3. The van der Waals surface area contributed by atoms with Gasteiger partial charge >= 0.3 is 5.97 Å². The van der Waals surface area contributed by atoms with Crippen molar-refractivity contribution < 1.29 is 18.3 Å². The Kier molecular flexibility index (Phi) is 4.89. The molecule has 1 N–H and O–H groups in total. The molecular weight excluding hydrogens is 420 g/mol. The Bertz CT molecular complexity index is 1170. The van der Waals surface area contributed by atoms with Crippen LogP contribution in [0.3, 0.4) is 0 Å². The average Bonchev–Trinajstić information content (AvgIpc) is 3.14. The molecule has 0 saturated heterocycles. The van der Waals surface area contributed by atoms with Crippen LogP contribution in [0.2, 0.25) is 5.02 Å². The van der Waals surface area contributed by atoms with E-state index in [2.05, 4.69) is 4.98 Å². The molecule has 0 fully saturated rings. The highest BCUT2D eigenvalue weighted by atomic mass is 35.5. The maximum absolute atomic E-state index is 12.5. The van der Waals surface area contributed by atoms with Gasteiger partial charge in [0.15, 0.2) is 9.84 Å². The Hall–Kier alpha value is -2.03. The number of carbonyl (C=O) groups is 1. The van der Waals surface area contributed by atoms with Crippen LogP contribution in [0, 0.1) is 0 Å². The molecule has 1 aromatic carbocycles. The molecule has 0 amide bonds. The summed E-state index contributed by atoms with van der Waals surface area (Å²) >= 11 is 7.45. The van der Waals surface area contributed by atoms with Crippen LogP contribution in [-0.2, 0) is 14.6 Å². The van der Waals surface area contributed by atoms with E-state index in [0.29, 0.717) is 5.02 Å². The van der Waals surface area contributed by atoms with Crippen LogP contribution in [-0.4, -0.2) is 35.3 Å². The third kappa shape index (κ3) is 3.40. The fourth-order valence-corrected chi connectivity index (χ4v) is 6.25. The third-order valence-corrected chi connectivity index (χ3v) is 7.69. The topological polar surface area (TPSA) is 89.3 Å². The zero-order chi connectivity index (χ0) is 20.1. The van der Waals surface area contributed by atoms with E-state index >= 15 is 0 Å². The van der Waals surface area contributed by atoms with Crippen LogP contribution in [0.5, 0.6) is 0 Å². The minimum atomic E-state index is -3.42. The molecule has 2 atom stereocenters. The molecule has 3 aromatic rings. The first-order valence-corrected chi connectivity index (χ1v) is 11.7.